The van der Waals surface area contributed by atoms with E-state index in [1.54, 1.807) is 6.92 Å². The van der Waals surface area contributed by atoms with Crippen molar-refractivity contribution >= 4 is 17.3 Å². The van der Waals surface area contributed by atoms with Crippen LogP contribution in [-0.2, 0) is 17.6 Å². The third-order valence-corrected chi connectivity index (χ3v) is 7.14. The molecule has 2 aromatic rings. The molecular weight excluding hydrogens is 386 g/mol. The van der Waals surface area contributed by atoms with E-state index < -0.39 is 0 Å². The summed E-state index contributed by atoms with van der Waals surface area (Å²) in [7, 11) is 0. The second-order valence-corrected chi connectivity index (χ2v) is 9.03. The molecule has 0 aliphatic carbocycles. The van der Waals surface area contributed by atoms with Gasteiger partial charge in [-0.3, -0.25) is 4.79 Å². The van der Waals surface area contributed by atoms with Crippen molar-refractivity contribution < 1.29 is 9.53 Å². The molecule has 3 heterocycles. The standard InChI is InChI=1S/C26H33N3O2/c1-20(30)28-17-18-29(25-10-3-2-9-24(25)28)23-11-15-27(16-12-23)14-5-8-21-6-4-7-22-13-19-31-26(21)22/h2-4,6-7,9-10,23H,5,8,11-19H2,1H3. The Kier molecular flexibility index (Phi) is 5.86. The number of carbonyl (C=O) groups is 1. The molecule has 0 unspecified atom stereocenters. The first-order valence-electron chi connectivity index (χ1n) is 11.8. The number of rotatable bonds is 5. The Labute approximate surface area is 185 Å². The molecule has 0 saturated carbocycles. The van der Waals surface area contributed by atoms with Crippen molar-refractivity contribution in [3.8, 4) is 5.75 Å². The topological polar surface area (TPSA) is 36.0 Å². The second kappa shape index (κ2) is 8.91. The van der Waals surface area contributed by atoms with Crippen molar-refractivity contribution in [2.24, 2.45) is 0 Å². The third-order valence-electron chi connectivity index (χ3n) is 7.14. The highest BCUT2D eigenvalue weighted by Gasteiger charge is 2.31. The number of ether oxygens (including phenoxy) is 1. The lowest BCUT2D eigenvalue weighted by atomic mass is 9.99. The van der Waals surface area contributed by atoms with Crippen LogP contribution in [0.25, 0.3) is 0 Å². The van der Waals surface area contributed by atoms with E-state index in [1.165, 1.54) is 36.1 Å². The molecule has 0 atom stereocenters. The molecular formula is C26H33N3O2. The van der Waals surface area contributed by atoms with Crippen LogP contribution in [-0.4, -0.2) is 56.2 Å². The van der Waals surface area contributed by atoms with Gasteiger partial charge in [-0.25, -0.2) is 0 Å². The molecule has 3 aliphatic rings. The van der Waals surface area contributed by atoms with E-state index in [4.69, 9.17) is 4.74 Å². The van der Waals surface area contributed by atoms with Gasteiger partial charge in [-0.05, 0) is 55.5 Å². The highest BCUT2D eigenvalue weighted by Crippen LogP contribution is 2.36. The normalized spacial score (nSPS) is 19.1. The molecule has 3 aliphatic heterocycles. The molecule has 1 amide bonds. The average molecular weight is 420 g/mol. The van der Waals surface area contributed by atoms with Gasteiger partial charge in [0, 0.05) is 45.6 Å². The minimum Gasteiger partial charge on any atom is -0.493 e. The van der Waals surface area contributed by atoms with Gasteiger partial charge in [0.15, 0.2) is 0 Å². The molecule has 31 heavy (non-hydrogen) atoms. The second-order valence-electron chi connectivity index (χ2n) is 9.03. The number of piperidine rings is 1. The van der Waals surface area contributed by atoms with Crippen LogP contribution < -0.4 is 14.5 Å². The molecule has 5 nitrogen and oxygen atoms in total. The predicted molar refractivity (Wildman–Crippen MR) is 125 cm³/mol. The number of hydrogen-bond acceptors (Lipinski definition) is 4. The van der Waals surface area contributed by atoms with Gasteiger partial charge in [-0.2, -0.15) is 0 Å². The Morgan fingerprint density at radius 1 is 1.00 bits per heavy atom. The van der Waals surface area contributed by atoms with Crippen LogP contribution in [0, 0.1) is 0 Å². The van der Waals surface area contributed by atoms with Crippen LogP contribution >= 0.6 is 0 Å². The van der Waals surface area contributed by atoms with E-state index in [1.807, 2.05) is 11.0 Å². The van der Waals surface area contributed by atoms with Crippen LogP contribution in [0.5, 0.6) is 5.75 Å². The van der Waals surface area contributed by atoms with Crippen LogP contribution in [0.15, 0.2) is 42.5 Å². The number of aryl methyl sites for hydroxylation is 1. The molecule has 0 spiro atoms. The molecule has 0 bridgehead atoms. The van der Waals surface area contributed by atoms with Crippen molar-refractivity contribution in [1.82, 2.24) is 4.90 Å². The zero-order chi connectivity index (χ0) is 21.2. The minimum atomic E-state index is 0.136. The lowest BCUT2D eigenvalue weighted by Crippen LogP contribution is -2.51. The van der Waals surface area contributed by atoms with Gasteiger partial charge in [-0.15, -0.1) is 0 Å². The highest BCUT2D eigenvalue weighted by atomic mass is 16.5. The smallest absolute Gasteiger partial charge is 0.223 e. The first kappa shape index (κ1) is 20.4. The van der Waals surface area contributed by atoms with Gasteiger partial charge in [0.1, 0.15) is 5.75 Å². The van der Waals surface area contributed by atoms with Gasteiger partial charge >= 0.3 is 0 Å². The molecule has 0 aromatic heterocycles. The van der Waals surface area contributed by atoms with Gasteiger partial charge < -0.3 is 19.4 Å². The summed E-state index contributed by atoms with van der Waals surface area (Å²) in [5, 5.41) is 0. The van der Waals surface area contributed by atoms with Gasteiger partial charge in [0.2, 0.25) is 5.91 Å². The Bertz CT molecular complexity index is 936. The molecule has 5 heteroatoms. The predicted octanol–water partition coefficient (Wildman–Crippen LogP) is 3.89. The zero-order valence-corrected chi connectivity index (χ0v) is 18.6. The van der Waals surface area contributed by atoms with Crippen LogP contribution in [0.1, 0.15) is 37.3 Å². The minimum absolute atomic E-state index is 0.136. The molecule has 0 N–H and O–H groups in total. The van der Waals surface area contributed by atoms with Crippen molar-refractivity contribution in [3.63, 3.8) is 0 Å². The maximum atomic E-state index is 12.0. The monoisotopic (exact) mass is 419 g/mol. The molecule has 5 rings (SSSR count). The number of fused-ring (bicyclic) bond motifs is 2. The third kappa shape index (κ3) is 4.16. The lowest BCUT2D eigenvalue weighted by molar-refractivity contribution is -0.116. The van der Waals surface area contributed by atoms with Gasteiger partial charge in [0.25, 0.3) is 0 Å². The van der Waals surface area contributed by atoms with E-state index in [-0.39, 0.29) is 5.91 Å². The molecule has 1 fully saturated rings. The fourth-order valence-electron chi connectivity index (χ4n) is 5.52. The highest BCUT2D eigenvalue weighted by molar-refractivity contribution is 5.96. The number of nitrogens with zero attached hydrogens (tertiary/aromatic N) is 3. The fraction of sp³-hybridized carbons (Fsp3) is 0.500. The number of likely N-dealkylation sites (tertiary alicyclic amines) is 1. The maximum Gasteiger partial charge on any atom is 0.223 e. The molecule has 2 aromatic carbocycles. The fourth-order valence-corrected chi connectivity index (χ4v) is 5.52. The Hall–Kier alpha value is -2.53. The largest absolute Gasteiger partial charge is 0.493 e. The average Bonchev–Trinajstić information content (AvgIpc) is 3.29. The number of carbonyl (C=O) groups excluding carboxylic acids is 1. The van der Waals surface area contributed by atoms with Crippen LogP contribution in [0.2, 0.25) is 0 Å². The number of amides is 1. The SMILES string of the molecule is CC(=O)N1CCN(C2CCN(CCCc3cccc4c3OCC4)CC2)c2ccccc21. The molecule has 164 valence electrons. The van der Waals surface area contributed by atoms with Crippen LogP contribution in [0.3, 0.4) is 0 Å². The summed E-state index contributed by atoms with van der Waals surface area (Å²) in [6.07, 6.45) is 5.73. The van der Waals surface area contributed by atoms with Crippen molar-refractivity contribution in [3.05, 3.63) is 53.6 Å². The molecule has 1 saturated heterocycles. The summed E-state index contributed by atoms with van der Waals surface area (Å²) < 4.78 is 5.86. The summed E-state index contributed by atoms with van der Waals surface area (Å²) in [5.41, 5.74) is 5.05. The van der Waals surface area contributed by atoms with Crippen LogP contribution in [0.4, 0.5) is 11.4 Å². The van der Waals surface area contributed by atoms with Crippen molar-refractivity contribution in [2.75, 3.05) is 49.1 Å². The lowest BCUT2D eigenvalue weighted by Gasteiger charge is -2.44. The summed E-state index contributed by atoms with van der Waals surface area (Å²) in [6.45, 7) is 7.69. The Morgan fingerprint density at radius 2 is 1.81 bits per heavy atom. The van der Waals surface area contributed by atoms with Gasteiger partial charge in [-0.1, -0.05) is 30.3 Å². The molecule has 0 radical (unpaired) electrons. The van der Waals surface area contributed by atoms with E-state index in [9.17, 15) is 4.79 Å². The summed E-state index contributed by atoms with van der Waals surface area (Å²) in [4.78, 5) is 19.1. The summed E-state index contributed by atoms with van der Waals surface area (Å²) in [5.74, 6) is 1.29. The number of hydrogen-bond donors (Lipinski definition) is 0. The van der Waals surface area contributed by atoms with E-state index in [0.29, 0.717) is 6.04 Å². The Morgan fingerprint density at radius 3 is 2.61 bits per heavy atom. The van der Waals surface area contributed by atoms with Crippen molar-refractivity contribution in [2.45, 2.75) is 45.1 Å². The van der Waals surface area contributed by atoms with Gasteiger partial charge in [0.05, 0.1) is 18.0 Å². The quantitative estimate of drug-likeness (QED) is 0.737. The van der Waals surface area contributed by atoms with Crippen molar-refractivity contribution in [1.29, 1.82) is 0 Å². The first-order valence-corrected chi connectivity index (χ1v) is 11.8. The number of para-hydroxylation sites is 3. The Balaban J connectivity index is 1.15. The zero-order valence-electron chi connectivity index (χ0n) is 18.6. The van der Waals surface area contributed by atoms with E-state index >= 15 is 0 Å². The number of benzene rings is 2. The summed E-state index contributed by atoms with van der Waals surface area (Å²) >= 11 is 0. The summed E-state index contributed by atoms with van der Waals surface area (Å²) in [6, 6.07) is 15.6. The maximum absolute atomic E-state index is 12.0. The number of anilines is 2. The first-order chi connectivity index (χ1) is 15.2. The van der Waals surface area contributed by atoms with E-state index in [0.717, 1.165) is 63.6 Å². The van der Waals surface area contributed by atoms with E-state index in [2.05, 4.69) is 46.2 Å².